The number of halogens is 5. The number of anilines is 1. The number of hydrogen-bond acceptors (Lipinski definition) is 4. The van der Waals surface area contributed by atoms with Gasteiger partial charge in [0.2, 0.25) is 0 Å². The molecular formula is C17H7Cl4FN4OS. The van der Waals surface area contributed by atoms with Gasteiger partial charge in [-0.15, -0.1) is 11.3 Å². The number of thiazole rings is 1. The molecule has 28 heavy (non-hydrogen) atoms. The molecule has 0 spiro atoms. The van der Waals surface area contributed by atoms with Gasteiger partial charge >= 0.3 is 0 Å². The molecule has 5 nitrogen and oxygen atoms in total. The summed E-state index contributed by atoms with van der Waals surface area (Å²) in [5.41, 5.74) is 0.901. The van der Waals surface area contributed by atoms with Gasteiger partial charge in [0, 0.05) is 17.1 Å². The molecule has 1 N–H and O–H groups in total. The highest BCUT2D eigenvalue weighted by Crippen LogP contribution is 2.37. The topological polar surface area (TPSA) is 59.3 Å². The highest BCUT2D eigenvalue weighted by atomic mass is 35.5. The summed E-state index contributed by atoms with van der Waals surface area (Å²) >= 11 is 25.3. The van der Waals surface area contributed by atoms with E-state index in [9.17, 15) is 9.18 Å². The van der Waals surface area contributed by atoms with Crippen LogP contribution in [0, 0.1) is 5.82 Å². The molecule has 0 aliphatic heterocycles. The van der Waals surface area contributed by atoms with Gasteiger partial charge in [0.25, 0.3) is 5.91 Å². The zero-order valence-electron chi connectivity index (χ0n) is 13.5. The number of nitrogens with zero attached hydrogens (tertiary/aromatic N) is 3. The van der Waals surface area contributed by atoms with Crippen molar-refractivity contribution < 1.29 is 9.18 Å². The summed E-state index contributed by atoms with van der Waals surface area (Å²) in [6, 6.07) is 5.76. The lowest BCUT2D eigenvalue weighted by Gasteiger charge is -2.10. The molecule has 0 bridgehead atoms. The van der Waals surface area contributed by atoms with Gasteiger partial charge in [-0.1, -0.05) is 46.4 Å². The van der Waals surface area contributed by atoms with Crippen LogP contribution in [0.4, 0.5) is 10.2 Å². The van der Waals surface area contributed by atoms with Crippen LogP contribution in [0.2, 0.25) is 20.2 Å². The van der Waals surface area contributed by atoms with Crippen molar-refractivity contribution in [3.8, 4) is 11.3 Å². The van der Waals surface area contributed by atoms with Crippen molar-refractivity contribution in [3.05, 3.63) is 67.6 Å². The number of imidazole rings is 1. The van der Waals surface area contributed by atoms with E-state index in [4.69, 9.17) is 46.4 Å². The SMILES string of the molecule is O=C(Nc1c(-c2ccc(F)cc2)nc2sccn12)c1nc(Cl)c(Cl)c(Cl)c1Cl. The van der Waals surface area contributed by atoms with Gasteiger partial charge < -0.3 is 5.32 Å². The molecule has 4 rings (SSSR count). The number of amides is 1. The first-order valence-corrected chi connectivity index (χ1v) is 9.98. The van der Waals surface area contributed by atoms with Gasteiger partial charge in [-0.05, 0) is 24.3 Å². The molecule has 0 aliphatic rings. The summed E-state index contributed by atoms with van der Waals surface area (Å²) in [6.07, 6.45) is 1.74. The van der Waals surface area contributed by atoms with Crippen LogP contribution in [0.3, 0.4) is 0 Å². The second kappa shape index (κ2) is 7.50. The summed E-state index contributed by atoms with van der Waals surface area (Å²) in [6.45, 7) is 0. The number of hydrogen-bond donors (Lipinski definition) is 1. The fourth-order valence-electron chi connectivity index (χ4n) is 2.52. The first-order valence-electron chi connectivity index (χ1n) is 7.59. The van der Waals surface area contributed by atoms with Crippen LogP contribution in [0.15, 0.2) is 35.8 Å². The van der Waals surface area contributed by atoms with Crippen LogP contribution in [0.25, 0.3) is 16.2 Å². The van der Waals surface area contributed by atoms with Crippen molar-refractivity contribution >= 4 is 74.4 Å². The molecule has 0 saturated heterocycles. The van der Waals surface area contributed by atoms with Crippen molar-refractivity contribution in [1.82, 2.24) is 14.4 Å². The van der Waals surface area contributed by atoms with E-state index in [0.717, 1.165) is 0 Å². The summed E-state index contributed by atoms with van der Waals surface area (Å²) in [5.74, 6) is -0.661. The molecule has 0 fully saturated rings. The monoisotopic (exact) mass is 474 g/mol. The lowest BCUT2D eigenvalue weighted by atomic mass is 10.1. The predicted molar refractivity (Wildman–Crippen MR) is 111 cm³/mol. The van der Waals surface area contributed by atoms with Crippen molar-refractivity contribution in [3.63, 3.8) is 0 Å². The van der Waals surface area contributed by atoms with Crippen LogP contribution >= 0.6 is 57.7 Å². The Morgan fingerprint density at radius 2 is 1.75 bits per heavy atom. The minimum atomic E-state index is -0.651. The fraction of sp³-hybridized carbons (Fsp3) is 0. The maximum Gasteiger partial charge on any atom is 0.277 e. The Kier molecular flexibility index (Phi) is 5.20. The highest BCUT2D eigenvalue weighted by Gasteiger charge is 2.23. The number of fused-ring (bicyclic) bond motifs is 1. The molecule has 4 aromatic rings. The standard InChI is InChI=1S/C17H7Cl4FN4OS/c18-9-10(19)13(23-14(21)11(9)20)16(27)25-15-12(7-1-3-8(22)4-2-7)24-17-26(15)5-6-28-17/h1-6H,(H,25,27). The van der Waals surface area contributed by atoms with Crippen molar-refractivity contribution in [2.75, 3.05) is 5.32 Å². The van der Waals surface area contributed by atoms with Gasteiger partial charge in [0.15, 0.2) is 10.7 Å². The first-order chi connectivity index (χ1) is 13.4. The van der Waals surface area contributed by atoms with Crippen molar-refractivity contribution in [1.29, 1.82) is 0 Å². The molecule has 0 saturated carbocycles. The maximum atomic E-state index is 13.3. The van der Waals surface area contributed by atoms with Gasteiger partial charge in [-0.25, -0.2) is 14.4 Å². The molecule has 1 amide bonds. The Morgan fingerprint density at radius 3 is 2.46 bits per heavy atom. The summed E-state index contributed by atoms with van der Waals surface area (Å²) in [4.78, 5) is 21.9. The second-order valence-electron chi connectivity index (χ2n) is 5.52. The van der Waals surface area contributed by atoms with E-state index >= 15 is 0 Å². The average Bonchev–Trinajstić information content (AvgIpc) is 3.26. The van der Waals surface area contributed by atoms with Gasteiger partial charge in [0.1, 0.15) is 22.5 Å². The van der Waals surface area contributed by atoms with Gasteiger partial charge in [-0.2, -0.15) is 0 Å². The zero-order valence-corrected chi connectivity index (χ0v) is 17.4. The van der Waals surface area contributed by atoms with Crippen molar-refractivity contribution in [2.45, 2.75) is 0 Å². The largest absolute Gasteiger partial charge is 0.304 e. The summed E-state index contributed by atoms with van der Waals surface area (Å²) in [7, 11) is 0. The molecule has 1 aromatic carbocycles. The van der Waals surface area contributed by atoms with E-state index in [1.165, 1.54) is 23.5 Å². The molecule has 3 heterocycles. The molecule has 11 heteroatoms. The molecule has 0 unspecified atom stereocenters. The summed E-state index contributed by atoms with van der Waals surface area (Å²) < 4.78 is 15.0. The average molecular weight is 476 g/mol. The Morgan fingerprint density at radius 1 is 1.04 bits per heavy atom. The number of benzene rings is 1. The van der Waals surface area contributed by atoms with Crippen molar-refractivity contribution in [2.24, 2.45) is 0 Å². The fourth-order valence-corrected chi connectivity index (χ4v) is 4.05. The van der Waals surface area contributed by atoms with E-state index < -0.39 is 5.91 Å². The Balaban J connectivity index is 1.80. The Hall–Kier alpha value is -1.90. The predicted octanol–water partition coefficient (Wildman–Crippen LogP) is 6.46. The van der Waals surface area contributed by atoms with Crippen LogP contribution in [0.1, 0.15) is 10.5 Å². The van der Waals surface area contributed by atoms with Crippen LogP contribution in [-0.4, -0.2) is 20.3 Å². The highest BCUT2D eigenvalue weighted by molar-refractivity contribution is 7.15. The first kappa shape index (κ1) is 19.4. The van der Waals surface area contributed by atoms with E-state index in [1.54, 1.807) is 22.7 Å². The van der Waals surface area contributed by atoms with Crippen LogP contribution in [-0.2, 0) is 0 Å². The summed E-state index contributed by atoms with van der Waals surface area (Å²) in [5, 5.41) is 4.17. The lowest BCUT2D eigenvalue weighted by molar-refractivity contribution is 0.102. The number of rotatable bonds is 3. The minimum absolute atomic E-state index is 0.0403. The maximum absolute atomic E-state index is 13.3. The number of carbonyl (C=O) groups excluding carboxylic acids is 1. The Bertz CT molecular complexity index is 1220. The zero-order chi connectivity index (χ0) is 20.0. The smallest absolute Gasteiger partial charge is 0.277 e. The van der Waals surface area contributed by atoms with Gasteiger partial charge in [-0.3, -0.25) is 9.20 Å². The normalized spacial score (nSPS) is 11.2. The van der Waals surface area contributed by atoms with E-state index in [1.807, 2.05) is 5.38 Å². The van der Waals surface area contributed by atoms with Gasteiger partial charge in [0.05, 0.1) is 15.1 Å². The van der Waals surface area contributed by atoms with E-state index in [2.05, 4.69) is 15.3 Å². The molecule has 0 radical (unpaired) electrons. The molecular weight excluding hydrogens is 469 g/mol. The Labute approximate surface area is 181 Å². The quantitative estimate of drug-likeness (QED) is 0.346. The molecule has 142 valence electrons. The number of carbonyl (C=O) groups is 1. The minimum Gasteiger partial charge on any atom is -0.304 e. The molecule has 0 atom stereocenters. The van der Waals surface area contributed by atoms with E-state index in [-0.39, 0.29) is 31.7 Å². The number of aromatic nitrogens is 3. The third-order valence-electron chi connectivity index (χ3n) is 3.81. The number of pyridine rings is 1. The lowest BCUT2D eigenvalue weighted by Crippen LogP contribution is -2.16. The van der Waals surface area contributed by atoms with Crippen LogP contribution in [0.5, 0.6) is 0 Å². The number of nitrogens with one attached hydrogen (secondary N) is 1. The molecule has 3 aromatic heterocycles. The molecule has 0 aliphatic carbocycles. The van der Waals surface area contributed by atoms with E-state index in [0.29, 0.717) is 22.0 Å². The second-order valence-corrected chi connectivity index (χ2v) is 7.88. The third-order valence-corrected chi connectivity index (χ3v) is 6.25. The third kappa shape index (κ3) is 3.33. The van der Waals surface area contributed by atoms with Crippen LogP contribution < -0.4 is 5.32 Å².